The second-order valence-electron chi connectivity index (χ2n) is 2.57. The molecule has 12 heavy (non-hydrogen) atoms. The van der Waals surface area contributed by atoms with Gasteiger partial charge in [0.05, 0.1) is 0 Å². The lowest BCUT2D eigenvalue weighted by molar-refractivity contribution is -0.675. The third-order valence-corrected chi connectivity index (χ3v) is 2.81. The summed E-state index contributed by atoms with van der Waals surface area (Å²) in [6, 6.07) is 3.86. The van der Waals surface area contributed by atoms with Gasteiger partial charge in [0.25, 0.3) is 0 Å². The molecule has 1 aromatic rings. The Morgan fingerprint density at radius 1 is 1.58 bits per heavy atom. The number of halogens is 1. The van der Waals surface area contributed by atoms with Crippen molar-refractivity contribution in [3.63, 3.8) is 0 Å². The van der Waals surface area contributed by atoms with E-state index in [-0.39, 0.29) is 0 Å². The van der Waals surface area contributed by atoms with Crippen molar-refractivity contribution in [2.45, 2.75) is 19.2 Å². The van der Waals surface area contributed by atoms with E-state index in [1.54, 1.807) is 0 Å². The summed E-state index contributed by atoms with van der Waals surface area (Å²) >= 11 is 7.75. The van der Waals surface area contributed by atoms with Crippen LogP contribution in [0, 0.1) is 0 Å². The first-order valence-electron chi connectivity index (χ1n) is 4.05. The molecule has 1 rings (SSSR count). The largest absolute Gasteiger partial charge is 0.194 e. The molecule has 0 bridgehead atoms. The standard InChI is InChI=1S/C9H13ClNS/c1-2-6-12-8-11-5-3-4-9(10)7-11/h3-5,7H,2,6,8H2,1H3/q+1. The molecule has 0 aliphatic carbocycles. The second kappa shape index (κ2) is 5.44. The molecule has 3 heteroatoms. The zero-order chi connectivity index (χ0) is 8.81. The molecule has 0 saturated carbocycles. The number of hydrogen-bond donors (Lipinski definition) is 0. The molecule has 0 radical (unpaired) electrons. The molecule has 0 amide bonds. The Labute approximate surface area is 82.7 Å². The van der Waals surface area contributed by atoms with E-state index in [2.05, 4.69) is 11.5 Å². The summed E-state index contributed by atoms with van der Waals surface area (Å²) in [6.07, 6.45) is 5.21. The Morgan fingerprint density at radius 2 is 2.42 bits per heavy atom. The summed E-state index contributed by atoms with van der Waals surface area (Å²) in [5.41, 5.74) is 0. The Hall–Kier alpha value is -0.210. The molecular weight excluding hydrogens is 190 g/mol. The van der Waals surface area contributed by atoms with Gasteiger partial charge in [0.15, 0.2) is 18.3 Å². The third-order valence-electron chi connectivity index (χ3n) is 1.41. The van der Waals surface area contributed by atoms with E-state index in [0.717, 1.165) is 10.9 Å². The highest BCUT2D eigenvalue weighted by molar-refractivity contribution is 7.98. The van der Waals surface area contributed by atoms with Gasteiger partial charge < -0.3 is 0 Å². The normalized spacial score (nSPS) is 10.2. The van der Waals surface area contributed by atoms with E-state index in [0.29, 0.717) is 0 Å². The van der Waals surface area contributed by atoms with Crippen molar-refractivity contribution in [3.8, 4) is 0 Å². The van der Waals surface area contributed by atoms with Gasteiger partial charge in [-0.05, 0) is 18.2 Å². The first kappa shape index (κ1) is 9.87. The van der Waals surface area contributed by atoms with Crippen molar-refractivity contribution in [2.75, 3.05) is 5.75 Å². The van der Waals surface area contributed by atoms with Crippen LogP contribution in [0.1, 0.15) is 13.3 Å². The number of rotatable bonds is 4. The van der Waals surface area contributed by atoms with Gasteiger partial charge in [-0.3, -0.25) is 0 Å². The van der Waals surface area contributed by atoms with Crippen LogP contribution in [0.15, 0.2) is 24.5 Å². The van der Waals surface area contributed by atoms with Gasteiger partial charge in [0.1, 0.15) is 5.02 Å². The Bertz CT molecular complexity index is 240. The van der Waals surface area contributed by atoms with Crippen LogP contribution in [0.3, 0.4) is 0 Å². The van der Waals surface area contributed by atoms with Gasteiger partial charge in [-0.2, -0.15) is 4.57 Å². The summed E-state index contributed by atoms with van der Waals surface area (Å²) in [7, 11) is 0. The molecule has 0 aliphatic rings. The molecule has 66 valence electrons. The van der Waals surface area contributed by atoms with Crippen molar-refractivity contribution in [1.82, 2.24) is 0 Å². The average Bonchev–Trinajstić information content (AvgIpc) is 2.05. The number of aromatic nitrogens is 1. The molecule has 0 atom stereocenters. The molecule has 0 spiro atoms. The van der Waals surface area contributed by atoms with Gasteiger partial charge in [-0.15, -0.1) is 0 Å². The van der Waals surface area contributed by atoms with Crippen molar-refractivity contribution in [3.05, 3.63) is 29.5 Å². The second-order valence-corrected chi connectivity index (χ2v) is 4.08. The van der Waals surface area contributed by atoms with Crippen LogP contribution in [0.4, 0.5) is 0 Å². The van der Waals surface area contributed by atoms with E-state index < -0.39 is 0 Å². The molecule has 0 aliphatic heterocycles. The van der Waals surface area contributed by atoms with Gasteiger partial charge >= 0.3 is 0 Å². The predicted octanol–water partition coefficient (Wildman–Crippen LogP) is 2.73. The summed E-state index contributed by atoms with van der Waals surface area (Å²) in [5, 5.41) is 0.801. The molecule has 0 N–H and O–H groups in total. The van der Waals surface area contributed by atoms with Crippen LogP contribution in [0.2, 0.25) is 5.02 Å². The van der Waals surface area contributed by atoms with E-state index in [9.17, 15) is 0 Å². The maximum Gasteiger partial charge on any atom is 0.194 e. The first-order chi connectivity index (χ1) is 5.83. The maximum absolute atomic E-state index is 5.83. The molecular formula is C9H13ClNS+. The zero-order valence-corrected chi connectivity index (χ0v) is 8.74. The monoisotopic (exact) mass is 202 g/mol. The average molecular weight is 203 g/mol. The van der Waals surface area contributed by atoms with Crippen molar-refractivity contribution >= 4 is 23.4 Å². The lowest BCUT2D eigenvalue weighted by Gasteiger charge is -1.95. The highest BCUT2D eigenvalue weighted by Gasteiger charge is 1.99. The smallest absolute Gasteiger partial charge is 0.194 e. The Balaban J connectivity index is 2.41. The fourth-order valence-electron chi connectivity index (χ4n) is 0.885. The van der Waals surface area contributed by atoms with Crippen LogP contribution in [0.25, 0.3) is 0 Å². The first-order valence-corrected chi connectivity index (χ1v) is 5.58. The molecule has 0 fully saturated rings. The van der Waals surface area contributed by atoms with E-state index in [1.807, 2.05) is 36.3 Å². The maximum atomic E-state index is 5.83. The third kappa shape index (κ3) is 3.46. The summed E-state index contributed by atoms with van der Waals surface area (Å²) in [4.78, 5) is 0. The fraction of sp³-hybridized carbons (Fsp3) is 0.444. The minimum Gasteiger partial charge on any atom is -0.194 e. The van der Waals surface area contributed by atoms with Crippen LogP contribution >= 0.6 is 23.4 Å². The molecule has 1 nitrogen and oxygen atoms in total. The lowest BCUT2D eigenvalue weighted by Crippen LogP contribution is -2.30. The molecule has 0 aromatic carbocycles. The summed E-state index contributed by atoms with van der Waals surface area (Å²) < 4.78 is 2.10. The van der Waals surface area contributed by atoms with E-state index in [1.165, 1.54) is 12.2 Å². The van der Waals surface area contributed by atoms with Crippen molar-refractivity contribution in [2.24, 2.45) is 0 Å². The summed E-state index contributed by atoms with van der Waals surface area (Å²) in [6.45, 7) is 2.19. The van der Waals surface area contributed by atoms with Gasteiger partial charge in [0.2, 0.25) is 0 Å². The number of nitrogens with zero attached hydrogens (tertiary/aromatic N) is 1. The highest BCUT2D eigenvalue weighted by atomic mass is 35.5. The van der Waals surface area contributed by atoms with Gasteiger partial charge in [0, 0.05) is 6.07 Å². The molecule has 1 heterocycles. The minimum atomic E-state index is 0.801. The van der Waals surface area contributed by atoms with Crippen LogP contribution in [-0.2, 0) is 5.88 Å². The Kier molecular flexibility index (Phi) is 4.48. The van der Waals surface area contributed by atoms with E-state index >= 15 is 0 Å². The fourth-order valence-corrected chi connectivity index (χ4v) is 1.87. The molecule has 0 unspecified atom stereocenters. The molecule has 1 aromatic heterocycles. The van der Waals surface area contributed by atoms with Crippen LogP contribution in [-0.4, -0.2) is 5.75 Å². The highest BCUT2D eigenvalue weighted by Crippen LogP contribution is 2.04. The van der Waals surface area contributed by atoms with Gasteiger partial charge in [-0.1, -0.05) is 30.3 Å². The lowest BCUT2D eigenvalue weighted by atomic mass is 10.5. The van der Waals surface area contributed by atoms with Gasteiger partial charge in [-0.25, -0.2) is 0 Å². The van der Waals surface area contributed by atoms with Crippen molar-refractivity contribution < 1.29 is 4.57 Å². The van der Waals surface area contributed by atoms with Crippen LogP contribution in [0.5, 0.6) is 0 Å². The SMILES string of the molecule is CCCSC[n+]1cccc(Cl)c1. The minimum absolute atomic E-state index is 0.801. The van der Waals surface area contributed by atoms with Crippen molar-refractivity contribution in [1.29, 1.82) is 0 Å². The predicted molar refractivity (Wildman–Crippen MR) is 54.4 cm³/mol. The summed E-state index contributed by atoms with van der Waals surface area (Å²) in [5.74, 6) is 2.20. The Morgan fingerprint density at radius 3 is 3.08 bits per heavy atom. The number of thioether (sulfide) groups is 1. The van der Waals surface area contributed by atoms with E-state index in [4.69, 9.17) is 11.6 Å². The topological polar surface area (TPSA) is 3.88 Å². The molecule has 0 saturated heterocycles. The number of pyridine rings is 1. The number of hydrogen-bond acceptors (Lipinski definition) is 1. The zero-order valence-electron chi connectivity index (χ0n) is 7.16. The van der Waals surface area contributed by atoms with Crippen LogP contribution < -0.4 is 4.57 Å². The quantitative estimate of drug-likeness (QED) is 0.537.